The molecule has 0 spiro atoms. The Morgan fingerprint density at radius 1 is 1.25 bits per heavy atom. The molecule has 0 radical (unpaired) electrons. The lowest BCUT2D eigenvalue weighted by atomic mass is 9.87. The molecule has 7 heteroatoms. The van der Waals surface area contributed by atoms with Crippen LogP contribution in [-0.2, 0) is 15.3 Å². The summed E-state index contributed by atoms with van der Waals surface area (Å²) in [6, 6.07) is 17.0. The average molecular weight is 457 g/mol. The molecule has 142 valence electrons. The molecule has 0 saturated carbocycles. The first-order valence-electron chi connectivity index (χ1n) is 8.51. The summed E-state index contributed by atoms with van der Waals surface area (Å²) >= 11 is 4.85. The number of hydrogen-bond donors (Lipinski definition) is 1. The molecule has 2 aromatic rings. The first-order chi connectivity index (χ1) is 13.5. The SMILES string of the molecule is COC(=O)c1ccc([C@@H]2CC(=O)NC(SCc3ccc(Br)cc3)=C2C#N)cc1. The van der Waals surface area contributed by atoms with Crippen LogP contribution >= 0.6 is 27.7 Å². The molecule has 2 aromatic carbocycles. The Morgan fingerprint density at radius 2 is 1.93 bits per heavy atom. The molecule has 0 bridgehead atoms. The fourth-order valence-electron chi connectivity index (χ4n) is 2.92. The molecule has 1 N–H and O–H groups in total. The van der Waals surface area contributed by atoms with E-state index in [0.717, 1.165) is 15.6 Å². The van der Waals surface area contributed by atoms with E-state index in [9.17, 15) is 14.9 Å². The summed E-state index contributed by atoms with van der Waals surface area (Å²) in [4.78, 5) is 23.9. The van der Waals surface area contributed by atoms with Gasteiger partial charge >= 0.3 is 5.97 Å². The summed E-state index contributed by atoms with van der Waals surface area (Å²) in [5.41, 5.74) is 2.88. The highest BCUT2D eigenvalue weighted by Gasteiger charge is 2.29. The van der Waals surface area contributed by atoms with Crippen LogP contribution in [0.4, 0.5) is 0 Å². The minimum atomic E-state index is -0.422. The topological polar surface area (TPSA) is 79.2 Å². The molecule has 0 aliphatic carbocycles. The van der Waals surface area contributed by atoms with E-state index >= 15 is 0 Å². The number of ether oxygens (including phenoxy) is 1. The van der Waals surface area contributed by atoms with E-state index in [4.69, 9.17) is 4.74 Å². The van der Waals surface area contributed by atoms with Crippen LogP contribution in [0.15, 0.2) is 63.6 Å². The van der Waals surface area contributed by atoms with Crippen LogP contribution in [0.2, 0.25) is 0 Å². The van der Waals surface area contributed by atoms with Gasteiger partial charge in [-0.25, -0.2) is 4.79 Å². The zero-order chi connectivity index (χ0) is 20.1. The molecule has 1 heterocycles. The van der Waals surface area contributed by atoms with Crippen molar-refractivity contribution < 1.29 is 14.3 Å². The van der Waals surface area contributed by atoms with Crippen LogP contribution in [0, 0.1) is 11.3 Å². The van der Waals surface area contributed by atoms with Crippen molar-refractivity contribution >= 4 is 39.6 Å². The van der Waals surface area contributed by atoms with E-state index < -0.39 is 5.97 Å². The Hall–Kier alpha value is -2.56. The second-order valence-electron chi connectivity index (χ2n) is 6.19. The quantitative estimate of drug-likeness (QED) is 0.669. The Morgan fingerprint density at radius 3 is 2.54 bits per heavy atom. The fourth-order valence-corrected chi connectivity index (χ4v) is 4.22. The number of hydrogen-bond acceptors (Lipinski definition) is 5. The predicted octanol–water partition coefficient (Wildman–Crippen LogP) is 4.51. The summed E-state index contributed by atoms with van der Waals surface area (Å²) in [5.74, 6) is -0.242. The minimum Gasteiger partial charge on any atom is -0.465 e. The highest BCUT2D eigenvalue weighted by molar-refractivity contribution is 9.10. The van der Waals surface area contributed by atoms with Gasteiger partial charge in [0.2, 0.25) is 5.91 Å². The van der Waals surface area contributed by atoms with E-state index in [0.29, 0.717) is 21.9 Å². The van der Waals surface area contributed by atoms with Gasteiger partial charge in [0.25, 0.3) is 0 Å². The average Bonchev–Trinajstić information content (AvgIpc) is 2.72. The Kier molecular flexibility index (Phi) is 6.55. The summed E-state index contributed by atoms with van der Waals surface area (Å²) in [5, 5.41) is 13.2. The standard InChI is InChI=1S/C21H17BrN2O3S/c1-27-21(26)15-6-4-14(5-7-15)17-10-19(25)24-20(18(17)11-23)28-12-13-2-8-16(22)9-3-13/h2-9,17H,10,12H2,1H3,(H,24,25)/t17-/m0/s1. The molecule has 28 heavy (non-hydrogen) atoms. The summed E-state index contributed by atoms with van der Waals surface area (Å²) in [6.45, 7) is 0. The van der Waals surface area contributed by atoms with E-state index in [-0.39, 0.29) is 18.2 Å². The van der Waals surface area contributed by atoms with Crippen molar-refractivity contribution in [2.45, 2.75) is 18.1 Å². The zero-order valence-corrected chi connectivity index (χ0v) is 17.5. The maximum atomic E-state index is 12.2. The van der Waals surface area contributed by atoms with Gasteiger partial charge in [-0.05, 0) is 35.4 Å². The number of methoxy groups -OCH3 is 1. The number of nitriles is 1. The lowest BCUT2D eigenvalue weighted by Crippen LogP contribution is -2.30. The van der Waals surface area contributed by atoms with Gasteiger partial charge in [-0.3, -0.25) is 4.79 Å². The largest absolute Gasteiger partial charge is 0.465 e. The van der Waals surface area contributed by atoms with Crippen LogP contribution in [0.3, 0.4) is 0 Å². The van der Waals surface area contributed by atoms with E-state index in [1.807, 2.05) is 24.3 Å². The van der Waals surface area contributed by atoms with Crippen LogP contribution < -0.4 is 5.32 Å². The molecule has 1 aliphatic rings. The van der Waals surface area contributed by atoms with Gasteiger partial charge in [-0.15, -0.1) is 11.8 Å². The monoisotopic (exact) mass is 456 g/mol. The van der Waals surface area contributed by atoms with Crippen molar-refractivity contribution in [3.8, 4) is 6.07 Å². The molecule has 5 nitrogen and oxygen atoms in total. The number of allylic oxidation sites excluding steroid dienone is 1. The number of benzene rings is 2. The normalized spacial score (nSPS) is 16.3. The lowest BCUT2D eigenvalue weighted by molar-refractivity contribution is -0.120. The van der Waals surface area contributed by atoms with Gasteiger partial charge < -0.3 is 10.1 Å². The Balaban J connectivity index is 1.85. The first-order valence-corrected chi connectivity index (χ1v) is 10.3. The van der Waals surface area contributed by atoms with Crippen molar-refractivity contribution in [1.82, 2.24) is 5.32 Å². The van der Waals surface area contributed by atoms with Gasteiger partial charge in [0, 0.05) is 22.6 Å². The van der Waals surface area contributed by atoms with Gasteiger partial charge in [0.15, 0.2) is 0 Å². The molecule has 1 atom stereocenters. The molecule has 0 aromatic heterocycles. The first kappa shape index (κ1) is 20.2. The number of carbonyl (C=O) groups is 2. The number of thioether (sulfide) groups is 1. The van der Waals surface area contributed by atoms with Crippen molar-refractivity contribution in [3.05, 3.63) is 80.3 Å². The van der Waals surface area contributed by atoms with Crippen LogP contribution in [-0.4, -0.2) is 19.0 Å². The van der Waals surface area contributed by atoms with Crippen LogP contribution in [0.5, 0.6) is 0 Å². The maximum Gasteiger partial charge on any atom is 0.337 e. The third-order valence-electron chi connectivity index (χ3n) is 4.39. The van der Waals surface area contributed by atoms with Crippen molar-refractivity contribution in [1.29, 1.82) is 5.26 Å². The second kappa shape index (κ2) is 9.09. The number of nitrogens with zero attached hydrogens (tertiary/aromatic N) is 1. The number of carbonyl (C=O) groups excluding carboxylic acids is 2. The number of amides is 1. The molecule has 0 unspecified atom stereocenters. The Bertz CT molecular complexity index is 963. The van der Waals surface area contributed by atoms with Gasteiger partial charge in [0.05, 0.1) is 29.3 Å². The van der Waals surface area contributed by atoms with Crippen LogP contribution in [0.1, 0.15) is 33.8 Å². The molecular formula is C21H17BrN2O3S. The highest BCUT2D eigenvalue weighted by Crippen LogP contribution is 2.37. The van der Waals surface area contributed by atoms with Gasteiger partial charge in [-0.2, -0.15) is 5.26 Å². The number of rotatable bonds is 5. The summed E-state index contributed by atoms with van der Waals surface area (Å²) < 4.78 is 5.71. The Labute approximate surface area is 175 Å². The van der Waals surface area contributed by atoms with E-state index in [1.54, 1.807) is 24.3 Å². The predicted molar refractivity (Wildman–Crippen MR) is 111 cm³/mol. The molecular weight excluding hydrogens is 440 g/mol. The van der Waals surface area contributed by atoms with Crippen LogP contribution in [0.25, 0.3) is 0 Å². The number of esters is 1. The van der Waals surface area contributed by atoms with Gasteiger partial charge in [0.1, 0.15) is 0 Å². The molecule has 1 aliphatic heterocycles. The van der Waals surface area contributed by atoms with Crippen molar-refractivity contribution in [2.24, 2.45) is 0 Å². The zero-order valence-electron chi connectivity index (χ0n) is 15.1. The lowest BCUT2D eigenvalue weighted by Gasteiger charge is -2.25. The fraction of sp³-hybridized carbons (Fsp3) is 0.190. The maximum absolute atomic E-state index is 12.2. The van der Waals surface area contributed by atoms with E-state index in [2.05, 4.69) is 27.3 Å². The van der Waals surface area contributed by atoms with Crippen molar-refractivity contribution in [3.63, 3.8) is 0 Å². The molecule has 1 amide bonds. The third kappa shape index (κ3) is 4.64. The number of nitrogens with one attached hydrogen (secondary N) is 1. The molecule has 0 fully saturated rings. The minimum absolute atomic E-state index is 0.126. The van der Waals surface area contributed by atoms with Crippen molar-refractivity contribution in [2.75, 3.05) is 7.11 Å². The summed E-state index contributed by atoms with van der Waals surface area (Å²) in [6.07, 6.45) is 0.197. The second-order valence-corrected chi connectivity index (χ2v) is 8.09. The molecule has 3 rings (SSSR count). The summed E-state index contributed by atoms with van der Waals surface area (Å²) in [7, 11) is 1.33. The van der Waals surface area contributed by atoms with Gasteiger partial charge in [-0.1, -0.05) is 40.2 Å². The highest BCUT2D eigenvalue weighted by atomic mass is 79.9. The number of halogens is 1. The smallest absolute Gasteiger partial charge is 0.337 e. The molecule has 0 saturated heterocycles. The van der Waals surface area contributed by atoms with E-state index in [1.165, 1.54) is 18.9 Å². The third-order valence-corrected chi connectivity index (χ3v) is 6.00.